The molecule has 2 aliphatic heterocycles. The van der Waals surface area contributed by atoms with E-state index in [2.05, 4.69) is 17.6 Å². The normalized spacial score (nSPS) is 18.0. The Morgan fingerprint density at radius 1 is 1.12 bits per heavy atom. The summed E-state index contributed by atoms with van der Waals surface area (Å²) in [5, 5.41) is 15.3. The summed E-state index contributed by atoms with van der Waals surface area (Å²) in [5.41, 5.74) is 2.58. The Labute approximate surface area is 247 Å². The summed E-state index contributed by atoms with van der Waals surface area (Å²) in [6.45, 7) is 3.84. The molecule has 7 nitrogen and oxygen atoms in total. The molecule has 3 N–H and O–H groups in total. The van der Waals surface area contributed by atoms with Crippen molar-refractivity contribution in [3.63, 3.8) is 0 Å². The standard InChI is InChI=1S/C33H31F3N2O5/c1-2-32(18-42-19-32)20-43-24-7-3-6-22(16-24)25(21-12-14-23(15-13-21)33(34,35)36)8-4-11-30(40)37-27-9-5-10-28-26(27)17-29(39)31(41)38-28/h3-16,29,39H,2,17-20H2,1H3,(H,37,40)(H,38,41)/b11-4+,25-8+. The Bertz CT molecular complexity index is 1550. The van der Waals surface area contributed by atoms with Gasteiger partial charge in [-0.1, -0.05) is 49.4 Å². The highest BCUT2D eigenvalue weighted by Gasteiger charge is 2.37. The minimum Gasteiger partial charge on any atom is -0.493 e. The summed E-state index contributed by atoms with van der Waals surface area (Å²) in [7, 11) is 0. The van der Waals surface area contributed by atoms with Crippen LogP contribution in [0.4, 0.5) is 24.5 Å². The van der Waals surface area contributed by atoms with Crippen molar-refractivity contribution >= 4 is 28.8 Å². The fourth-order valence-corrected chi connectivity index (χ4v) is 4.92. The molecule has 3 aromatic rings. The molecule has 0 spiro atoms. The number of rotatable bonds is 9. The van der Waals surface area contributed by atoms with Gasteiger partial charge < -0.3 is 25.2 Å². The maximum atomic E-state index is 13.2. The van der Waals surface area contributed by atoms with Crippen molar-refractivity contribution in [2.75, 3.05) is 30.5 Å². The first-order valence-corrected chi connectivity index (χ1v) is 13.9. The average molecular weight is 593 g/mol. The molecule has 2 amide bonds. The van der Waals surface area contributed by atoms with E-state index >= 15 is 0 Å². The van der Waals surface area contributed by atoms with Crippen LogP contribution in [-0.4, -0.2) is 42.8 Å². The van der Waals surface area contributed by atoms with E-state index in [1.165, 1.54) is 24.3 Å². The van der Waals surface area contributed by atoms with Gasteiger partial charge in [0.05, 0.1) is 30.8 Å². The summed E-state index contributed by atoms with van der Waals surface area (Å²) in [6, 6.07) is 17.1. The summed E-state index contributed by atoms with van der Waals surface area (Å²) in [4.78, 5) is 24.6. The van der Waals surface area contributed by atoms with Gasteiger partial charge in [-0.3, -0.25) is 9.59 Å². The number of alkyl halides is 3. The van der Waals surface area contributed by atoms with Crippen LogP contribution in [0.3, 0.4) is 0 Å². The van der Waals surface area contributed by atoms with Crippen molar-refractivity contribution < 1.29 is 37.3 Å². The van der Waals surface area contributed by atoms with Gasteiger partial charge in [0.15, 0.2) is 0 Å². The summed E-state index contributed by atoms with van der Waals surface area (Å²) in [6.07, 6.45) is -0.252. The van der Waals surface area contributed by atoms with Crippen molar-refractivity contribution in [1.82, 2.24) is 0 Å². The third-order valence-corrected chi connectivity index (χ3v) is 7.68. The number of allylic oxidation sites excluding steroid dienone is 2. The Balaban J connectivity index is 1.39. The van der Waals surface area contributed by atoms with E-state index < -0.39 is 29.7 Å². The van der Waals surface area contributed by atoms with Crippen LogP contribution in [0.25, 0.3) is 5.57 Å². The SMILES string of the molecule is CCC1(COc2cccc(/C(=C/C=C/C(=O)Nc3cccc4c3CC(O)C(=O)N4)c3ccc(C(F)(F)F)cc3)c2)COC1. The predicted molar refractivity (Wildman–Crippen MR) is 157 cm³/mol. The number of fused-ring (bicyclic) bond motifs is 1. The van der Waals surface area contributed by atoms with Crippen LogP contribution in [0.15, 0.2) is 85.0 Å². The van der Waals surface area contributed by atoms with Gasteiger partial charge in [-0.25, -0.2) is 0 Å². The predicted octanol–water partition coefficient (Wildman–Crippen LogP) is 5.99. The lowest BCUT2D eigenvalue weighted by molar-refractivity contribution is -0.137. The van der Waals surface area contributed by atoms with Crippen molar-refractivity contribution in [2.45, 2.75) is 32.0 Å². The number of benzene rings is 3. The number of hydrogen-bond donors (Lipinski definition) is 3. The average Bonchev–Trinajstić information content (AvgIpc) is 2.96. The Morgan fingerprint density at radius 2 is 1.86 bits per heavy atom. The van der Waals surface area contributed by atoms with Gasteiger partial charge in [-0.15, -0.1) is 0 Å². The lowest BCUT2D eigenvalue weighted by Gasteiger charge is -2.40. The molecule has 2 aliphatic rings. The van der Waals surface area contributed by atoms with Crippen LogP contribution >= 0.6 is 0 Å². The number of anilines is 2. The van der Waals surface area contributed by atoms with E-state index in [1.54, 1.807) is 30.3 Å². The van der Waals surface area contributed by atoms with E-state index in [4.69, 9.17) is 9.47 Å². The molecule has 1 saturated heterocycles. The Morgan fingerprint density at radius 3 is 2.53 bits per heavy atom. The zero-order valence-corrected chi connectivity index (χ0v) is 23.4. The smallest absolute Gasteiger partial charge is 0.416 e. The molecule has 5 rings (SSSR count). The first-order valence-electron chi connectivity index (χ1n) is 13.9. The van der Waals surface area contributed by atoms with Crippen molar-refractivity contribution in [2.24, 2.45) is 5.41 Å². The molecular weight excluding hydrogens is 561 g/mol. The molecule has 224 valence electrons. The second-order valence-electron chi connectivity index (χ2n) is 10.7. The first-order chi connectivity index (χ1) is 20.6. The van der Waals surface area contributed by atoms with Crippen LogP contribution in [0.2, 0.25) is 0 Å². The van der Waals surface area contributed by atoms with Gasteiger partial charge in [0.25, 0.3) is 5.91 Å². The lowest BCUT2D eigenvalue weighted by atomic mass is 9.84. The third kappa shape index (κ3) is 6.98. The number of hydrogen-bond acceptors (Lipinski definition) is 5. The van der Waals surface area contributed by atoms with Gasteiger partial charge in [-0.05, 0) is 59.5 Å². The van der Waals surface area contributed by atoms with E-state index in [1.807, 2.05) is 18.2 Å². The number of aliphatic hydroxyl groups is 1. The zero-order valence-electron chi connectivity index (χ0n) is 23.4. The summed E-state index contributed by atoms with van der Waals surface area (Å²) in [5.74, 6) is -0.361. The van der Waals surface area contributed by atoms with E-state index in [9.17, 15) is 27.9 Å². The summed E-state index contributed by atoms with van der Waals surface area (Å²) < 4.78 is 51.1. The number of nitrogens with one attached hydrogen (secondary N) is 2. The molecule has 10 heteroatoms. The molecule has 0 aliphatic carbocycles. The molecule has 0 radical (unpaired) electrons. The van der Waals surface area contributed by atoms with Crippen molar-refractivity contribution in [3.05, 3.63) is 107 Å². The second kappa shape index (κ2) is 12.4. The molecule has 0 saturated carbocycles. The molecule has 0 aromatic heterocycles. The van der Waals surface area contributed by atoms with E-state index in [-0.39, 0.29) is 11.8 Å². The molecule has 2 heterocycles. The Kier molecular flexibility index (Phi) is 8.70. The number of ether oxygens (including phenoxy) is 2. The van der Waals surface area contributed by atoms with Crippen molar-refractivity contribution in [1.29, 1.82) is 0 Å². The fraction of sp³-hybridized carbons (Fsp3) is 0.273. The van der Waals surface area contributed by atoms with E-state index in [0.717, 1.165) is 18.6 Å². The highest BCUT2D eigenvalue weighted by molar-refractivity contribution is 6.03. The molecule has 1 fully saturated rings. The highest BCUT2D eigenvalue weighted by Crippen LogP contribution is 2.35. The van der Waals surface area contributed by atoms with Crippen LogP contribution in [0.5, 0.6) is 5.75 Å². The monoisotopic (exact) mass is 592 g/mol. The van der Waals surface area contributed by atoms with E-state index in [0.29, 0.717) is 59.2 Å². The number of halogens is 3. The van der Waals surface area contributed by atoms with Crippen LogP contribution in [0.1, 0.15) is 35.6 Å². The quantitative estimate of drug-likeness (QED) is 0.210. The number of carbonyl (C=O) groups is 2. The van der Waals surface area contributed by atoms with Gasteiger partial charge in [-0.2, -0.15) is 13.2 Å². The zero-order chi connectivity index (χ0) is 30.6. The highest BCUT2D eigenvalue weighted by atomic mass is 19.4. The molecular formula is C33H31F3N2O5. The van der Waals surface area contributed by atoms with Gasteiger partial charge in [0, 0.05) is 29.4 Å². The first kappa shape index (κ1) is 30.1. The third-order valence-electron chi connectivity index (χ3n) is 7.68. The fourth-order valence-electron chi connectivity index (χ4n) is 4.92. The Hall–Kier alpha value is -4.41. The van der Waals surface area contributed by atoms with Gasteiger partial charge in [0.1, 0.15) is 11.9 Å². The molecule has 1 atom stereocenters. The molecule has 43 heavy (non-hydrogen) atoms. The minimum absolute atomic E-state index is 0.0279. The van der Waals surface area contributed by atoms with Gasteiger partial charge in [0.2, 0.25) is 5.91 Å². The number of carbonyl (C=O) groups excluding carboxylic acids is 2. The second-order valence-corrected chi connectivity index (χ2v) is 10.7. The largest absolute Gasteiger partial charge is 0.493 e. The summed E-state index contributed by atoms with van der Waals surface area (Å²) >= 11 is 0. The topological polar surface area (TPSA) is 96.9 Å². The minimum atomic E-state index is -4.47. The molecule has 0 bridgehead atoms. The maximum Gasteiger partial charge on any atom is 0.416 e. The number of amides is 2. The van der Waals surface area contributed by atoms with Gasteiger partial charge >= 0.3 is 6.18 Å². The van der Waals surface area contributed by atoms with Crippen LogP contribution in [0, 0.1) is 5.41 Å². The van der Waals surface area contributed by atoms with Crippen LogP contribution < -0.4 is 15.4 Å². The lowest BCUT2D eigenvalue weighted by Crippen LogP contribution is -2.46. The molecule has 1 unspecified atom stereocenters. The van der Waals surface area contributed by atoms with Crippen LogP contribution in [-0.2, 0) is 26.9 Å². The molecule has 3 aromatic carbocycles. The number of aliphatic hydroxyl groups excluding tert-OH is 1. The van der Waals surface area contributed by atoms with Crippen molar-refractivity contribution in [3.8, 4) is 5.75 Å². The maximum absolute atomic E-state index is 13.2.